The Labute approximate surface area is 102 Å². The Balaban J connectivity index is 2.76. The molecule has 7 heteroatoms. The lowest BCUT2D eigenvalue weighted by Gasteiger charge is -2.14. The molecular weight excluding hydrogens is 249 g/mol. The van der Waals surface area contributed by atoms with Crippen molar-refractivity contribution in [2.45, 2.75) is 26.1 Å². The van der Waals surface area contributed by atoms with E-state index in [0.29, 0.717) is 0 Å². The average molecular weight is 262 g/mol. The molecule has 0 aliphatic rings. The first-order valence-electron chi connectivity index (χ1n) is 5.32. The van der Waals surface area contributed by atoms with E-state index in [-0.39, 0.29) is 12.4 Å². The van der Waals surface area contributed by atoms with Crippen molar-refractivity contribution >= 4 is 11.8 Å². The molecule has 1 aromatic rings. The van der Waals surface area contributed by atoms with E-state index >= 15 is 0 Å². The van der Waals surface area contributed by atoms with Crippen LogP contribution < -0.4 is 5.32 Å². The first-order chi connectivity index (χ1) is 8.34. The lowest BCUT2D eigenvalue weighted by Crippen LogP contribution is -2.28. The van der Waals surface area contributed by atoms with Crippen molar-refractivity contribution in [2.24, 2.45) is 0 Å². The maximum atomic E-state index is 12.4. The molecule has 0 aliphatic carbocycles. The molecule has 0 aliphatic heterocycles. The molecular formula is C11H13F3N2O2. The molecule has 1 heterocycles. The van der Waals surface area contributed by atoms with Gasteiger partial charge in [-0.3, -0.25) is 0 Å². The highest BCUT2D eigenvalue weighted by Crippen LogP contribution is 2.28. The van der Waals surface area contributed by atoms with Crippen LogP contribution in [0.3, 0.4) is 0 Å². The van der Waals surface area contributed by atoms with Gasteiger partial charge in [0.2, 0.25) is 0 Å². The van der Waals surface area contributed by atoms with E-state index in [1.807, 2.05) is 0 Å². The van der Waals surface area contributed by atoms with Gasteiger partial charge in [-0.15, -0.1) is 0 Å². The second-order valence-corrected chi connectivity index (χ2v) is 3.52. The average Bonchev–Trinajstić information content (AvgIpc) is 2.28. The third-order valence-corrected chi connectivity index (χ3v) is 2.04. The zero-order chi connectivity index (χ0) is 13.8. The number of pyridine rings is 1. The van der Waals surface area contributed by atoms with Gasteiger partial charge >= 0.3 is 12.1 Å². The molecule has 1 atom stereocenters. The molecule has 18 heavy (non-hydrogen) atoms. The second kappa shape index (κ2) is 5.70. The van der Waals surface area contributed by atoms with Crippen molar-refractivity contribution in [3.63, 3.8) is 0 Å². The van der Waals surface area contributed by atoms with Crippen molar-refractivity contribution in [3.05, 3.63) is 23.9 Å². The Morgan fingerprint density at radius 2 is 2.17 bits per heavy atom. The Kier molecular flexibility index (Phi) is 4.52. The fourth-order valence-corrected chi connectivity index (χ4v) is 1.22. The summed E-state index contributed by atoms with van der Waals surface area (Å²) in [5.74, 6) is -0.568. The Hall–Kier alpha value is -1.79. The van der Waals surface area contributed by atoms with Gasteiger partial charge in [0, 0.05) is 0 Å². The molecule has 0 radical (unpaired) electrons. The van der Waals surface area contributed by atoms with Gasteiger partial charge in [0.25, 0.3) is 0 Å². The quantitative estimate of drug-likeness (QED) is 0.847. The summed E-state index contributed by atoms with van der Waals surface area (Å²) in [6.07, 6.45) is -4.51. The molecule has 0 amide bonds. The zero-order valence-corrected chi connectivity index (χ0v) is 9.91. The largest absolute Gasteiger partial charge is 0.464 e. The first kappa shape index (κ1) is 14.3. The number of hydrogen-bond acceptors (Lipinski definition) is 4. The third kappa shape index (κ3) is 3.90. The highest BCUT2D eigenvalue weighted by atomic mass is 19.4. The van der Waals surface area contributed by atoms with E-state index in [2.05, 4.69) is 10.3 Å². The fraction of sp³-hybridized carbons (Fsp3) is 0.455. The van der Waals surface area contributed by atoms with E-state index in [9.17, 15) is 18.0 Å². The van der Waals surface area contributed by atoms with Gasteiger partial charge in [-0.05, 0) is 26.0 Å². The number of halogens is 3. The van der Waals surface area contributed by atoms with Crippen LogP contribution in [0.25, 0.3) is 0 Å². The van der Waals surface area contributed by atoms with Crippen molar-refractivity contribution in [3.8, 4) is 0 Å². The summed E-state index contributed by atoms with van der Waals surface area (Å²) in [6.45, 7) is 3.34. The van der Waals surface area contributed by atoms with Gasteiger partial charge < -0.3 is 10.1 Å². The number of ether oxygens (including phenoxy) is 1. The molecule has 1 N–H and O–H groups in total. The first-order valence-corrected chi connectivity index (χ1v) is 5.32. The summed E-state index contributed by atoms with van der Waals surface area (Å²) in [7, 11) is 0. The maximum absolute atomic E-state index is 12.4. The number of esters is 1. The topological polar surface area (TPSA) is 51.2 Å². The molecule has 0 bridgehead atoms. The summed E-state index contributed by atoms with van der Waals surface area (Å²) >= 11 is 0. The molecule has 1 aromatic heterocycles. The minimum Gasteiger partial charge on any atom is -0.464 e. The van der Waals surface area contributed by atoms with Gasteiger partial charge in [0.15, 0.2) is 0 Å². The number of aromatic nitrogens is 1. The van der Waals surface area contributed by atoms with Crippen LogP contribution in [0.2, 0.25) is 0 Å². The smallest absolute Gasteiger partial charge is 0.433 e. The normalized spacial score (nSPS) is 12.9. The zero-order valence-electron chi connectivity index (χ0n) is 9.91. The van der Waals surface area contributed by atoms with E-state index in [0.717, 1.165) is 6.07 Å². The van der Waals surface area contributed by atoms with Crippen LogP contribution in [0.1, 0.15) is 19.5 Å². The number of nitrogens with zero attached hydrogens (tertiary/aromatic N) is 1. The SMILES string of the molecule is CCOC(=O)C(C)Nc1cccc(C(F)(F)F)n1. The standard InChI is InChI=1S/C11H13F3N2O2/c1-3-18-10(17)7(2)15-9-6-4-5-8(16-9)11(12,13)14/h4-7H,3H2,1-2H3,(H,15,16). The van der Waals surface area contributed by atoms with Gasteiger partial charge in [0.05, 0.1) is 6.61 Å². The van der Waals surface area contributed by atoms with Crippen molar-refractivity contribution in [2.75, 3.05) is 11.9 Å². The van der Waals surface area contributed by atoms with Crippen LogP contribution >= 0.6 is 0 Å². The van der Waals surface area contributed by atoms with E-state index < -0.39 is 23.9 Å². The Morgan fingerprint density at radius 1 is 1.50 bits per heavy atom. The van der Waals surface area contributed by atoms with Gasteiger partial charge in [0.1, 0.15) is 17.6 Å². The monoisotopic (exact) mass is 262 g/mol. The molecule has 1 rings (SSSR count). The molecule has 0 saturated heterocycles. The molecule has 100 valence electrons. The number of rotatable bonds is 4. The summed E-state index contributed by atoms with van der Waals surface area (Å²) in [5.41, 5.74) is -1.01. The van der Waals surface area contributed by atoms with Gasteiger partial charge in [-0.25, -0.2) is 9.78 Å². The third-order valence-electron chi connectivity index (χ3n) is 2.04. The van der Waals surface area contributed by atoms with Crippen molar-refractivity contribution in [1.82, 2.24) is 4.98 Å². The van der Waals surface area contributed by atoms with Crippen LogP contribution in [0.15, 0.2) is 18.2 Å². The number of nitrogens with one attached hydrogen (secondary N) is 1. The number of alkyl halides is 3. The second-order valence-electron chi connectivity index (χ2n) is 3.52. The molecule has 0 fully saturated rings. The van der Waals surface area contributed by atoms with Crippen molar-refractivity contribution in [1.29, 1.82) is 0 Å². The van der Waals surface area contributed by atoms with E-state index in [4.69, 9.17) is 4.74 Å². The van der Waals surface area contributed by atoms with Gasteiger partial charge in [-0.1, -0.05) is 6.07 Å². The summed E-state index contributed by atoms with van der Waals surface area (Å²) in [4.78, 5) is 14.7. The lowest BCUT2D eigenvalue weighted by molar-refractivity contribution is -0.143. The number of carbonyl (C=O) groups is 1. The molecule has 0 aromatic carbocycles. The number of hydrogen-bond donors (Lipinski definition) is 1. The minimum absolute atomic E-state index is 0.0228. The van der Waals surface area contributed by atoms with Crippen LogP contribution in [0.5, 0.6) is 0 Å². The summed E-state index contributed by atoms with van der Waals surface area (Å²) in [5, 5.41) is 2.55. The fourth-order valence-electron chi connectivity index (χ4n) is 1.22. The summed E-state index contributed by atoms with van der Waals surface area (Å²) < 4.78 is 41.9. The van der Waals surface area contributed by atoms with Crippen LogP contribution in [0, 0.1) is 0 Å². The Morgan fingerprint density at radius 3 is 2.72 bits per heavy atom. The highest BCUT2D eigenvalue weighted by Gasteiger charge is 2.32. The number of anilines is 1. The van der Waals surface area contributed by atoms with E-state index in [1.54, 1.807) is 6.92 Å². The van der Waals surface area contributed by atoms with Crippen molar-refractivity contribution < 1.29 is 22.7 Å². The molecule has 4 nitrogen and oxygen atoms in total. The van der Waals surface area contributed by atoms with Crippen LogP contribution in [-0.2, 0) is 15.7 Å². The predicted octanol–water partition coefficient (Wildman–Crippen LogP) is 2.46. The lowest BCUT2D eigenvalue weighted by atomic mass is 10.3. The molecule has 0 spiro atoms. The highest BCUT2D eigenvalue weighted by molar-refractivity contribution is 5.78. The minimum atomic E-state index is -4.51. The number of carbonyl (C=O) groups excluding carboxylic acids is 1. The van der Waals surface area contributed by atoms with E-state index in [1.165, 1.54) is 19.1 Å². The summed E-state index contributed by atoms with van der Waals surface area (Å²) in [6, 6.07) is 2.67. The van der Waals surface area contributed by atoms with Crippen LogP contribution in [-0.4, -0.2) is 23.6 Å². The Bertz CT molecular complexity index is 421. The van der Waals surface area contributed by atoms with Gasteiger partial charge in [-0.2, -0.15) is 13.2 Å². The molecule has 1 unspecified atom stereocenters. The van der Waals surface area contributed by atoms with Crippen LogP contribution in [0.4, 0.5) is 19.0 Å². The molecule has 0 saturated carbocycles. The predicted molar refractivity (Wildman–Crippen MR) is 59.0 cm³/mol. The maximum Gasteiger partial charge on any atom is 0.433 e.